The second-order valence-corrected chi connectivity index (χ2v) is 4.77. The monoisotopic (exact) mass is 258 g/mol. The van der Waals surface area contributed by atoms with Crippen molar-refractivity contribution in [2.45, 2.75) is 6.92 Å². The van der Waals surface area contributed by atoms with Crippen LogP contribution < -0.4 is 4.74 Å². The number of ether oxygens (including phenoxy) is 1. The summed E-state index contributed by atoms with van der Waals surface area (Å²) in [4.78, 5) is 21.9. The number of hydrogen-bond acceptors (Lipinski definition) is 6. The average Bonchev–Trinajstić information content (AvgIpc) is 2.15. The van der Waals surface area contributed by atoms with Gasteiger partial charge in [-0.2, -0.15) is 8.42 Å². The second-order valence-electron chi connectivity index (χ2n) is 3.19. The molecule has 92 valence electrons. The van der Waals surface area contributed by atoms with Crippen LogP contribution in [0.5, 0.6) is 5.75 Å². The zero-order chi connectivity index (χ0) is 13.1. The highest BCUT2D eigenvalue weighted by Gasteiger charge is 2.13. The SMILES string of the molecule is CC(=O)Oc1ccc(C(=O)OS(C)(=O)=O)cc1. The van der Waals surface area contributed by atoms with Gasteiger partial charge < -0.3 is 8.92 Å². The summed E-state index contributed by atoms with van der Waals surface area (Å²) in [6, 6.07) is 5.32. The molecule has 0 N–H and O–H groups in total. The van der Waals surface area contributed by atoms with Crippen LogP contribution in [-0.4, -0.2) is 26.6 Å². The summed E-state index contributed by atoms with van der Waals surface area (Å²) in [6.07, 6.45) is 0.776. The molecule has 0 spiro atoms. The molecule has 0 amide bonds. The van der Waals surface area contributed by atoms with E-state index >= 15 is 0 Å². The molecule has 0 saturated carbocycles. The Hall–Kier alpha value is -1.89. The van der Waals surface area contributed by atoms with Crippen molar-refractivity contribution in [2.75, 3.05) is 6.26 Å². The summed E-state index contributed by atoms with van der Waals surface area (Å²) in [7, 11) is -3.84. The van der Waals surface area contributed by atoms with Crippen LogP contribution in [0.2, 0.25) is 0 Å². The first-order valence-electron chi connectivity index (χ1n) is 4.50. The zero-order valence-electron chi connectivity index (χ0n) is 9.17. The number of rotatable bonds is 3. The van der Waals surface area contributed by atoms with Gasteiger partial charge in [-0.1, -0.05) is 0 Å². The van der Waals surface area contributed by atoms with Gasteiger partial charge in [0.2, 0.25) is 0 Å². The van der Waals surface area contributed by atoms with E-state index in [2.05, 4.69) is 4.18 Å². The molecule has 0 aliphatic carbocycles. The van der Waals surface area contributed by atoms with Crippen LogP contribution in [0.1, 0.15) is 17.3 Å². The lowest BCUT2D eigenvalue weighted by Gasteiger charge is -2.03. The Morgan fingerprint density at radius 3 is 2.06 bits per heavy atom. The second kappa shape index (κ2) is 4.96. The number of esters is 1. The third kappa shape index (κ3) is 4.64. The average molecular weight is 258 g/mol. The topological polar surface area (TPSA) is 86.7 Å². The van der Waals surface area contributed by atoms with Crippen LogP contribution in [0.15, 0.2) is 24.3 Å². The molecular formula is C10H10O6S. The van der Waals surface area contributed by atoms with Crippen LogP contribution in [0.3, 0.4) is 0 Å². The van der Waals surface area contributed by atoms with Crippen molar-refractivity contribution < 1.29 is 26.9 Å². The van der Waals surface area contributed by atoms with E-state index in [9.17, 15) is 18.0 Å². The Labute approximate surface area is 98.3 Å². The van der Waals surface area contributed by atoms with E-state index in [1.54, 1.807) is 0 Å². The van der Waals surface area contributed by atoms with Gasteiger partial charge in [-0.3, -0.25) is 4.79 Å². The van der Waals surface area contributed by atoms with Crippen LogP contribution in [-0.2, 0) is 19.1 Å². The van der Waals surface area contributed by atoms with E-state index in [4.69, 9.17) is 4.74 Å². The number of hydrogen-bond donors (Lipinski definition) is 0. The van der Waals surface area contributed by atoms with Gasteiger partial charge in [-0.25, -0.2) is 4.79 Å². The fourth-order valence-electron chi connectivity index (χ4n) is 1.01. The summed E-state index contributed by atoms with van der Waals surface area (Å²) < 4.78 is 30.3. The molecule has 0 saturated heterocycles. The maximum absolute atomic E-state index is 11.3. The van der Waals surface area contributed by atoms with E-state index in [1.165, 1.54) is 31.2 Å². The smallest absolute Gasteiger partial charge is 0.353 e. The molecule has 1 rings (SSSR count). The minimum atomic E-state index is -3.84. The first-order chi connectivity index (χ1) is 7.78. The Morgan fingerprint density at radius 2 is 1.65 bits per heavy atom. The van der Waals surface area contributed by atoms with Crippen LogP contribution in [0, 0.1) is 0 Å². The fraction of sp³-hybridized carbons (Fsp3) is 0.200. The van der Waals surface area contributed by atoms with Crippen LogP contribution in [0.25, 0.3) is 0 Å². The maximum atomic E-state index is 11.3. The van der Waals surface area contributed by atoms with E-state index in [0.717, 1.165) is 6.26 Å². The third-order valence-electron chi connectivity index (χ3n) is 1.58. The molecule has 1 aromatic rings. The molecule has 0 radical (unpaired) electrons. The summed E-state index contributed by atoms with van der Waals surface area (Å²) in [5.74, 6) is -1.22. The molecule has 17 heavy (non-hydrogen) atoms. The summed E-state index contributed by atoms with van der Waals surface area (Å²) in [6.45, 7) is 1.24. The predicted octanol–water partition coefficient (Wildman–Crippen LogP) is 0.728. The number of benzene rings is 1. The highest BCUT2D eigenvalue weighted by atomic mass is 32.2. The summed E-state index contributed by atoms with van der Waals surface area (Å²) in [5.41, 5.74) is 0.0475. The summed E-state index contributed by atoms with van der Waals surface area (Å²) >= 11 is 0. The lowest BCUT2D eigenvalue weighted by Crippen LogP contribution is -2.11. The summed E-state index contributed by atoms with van der Waals surface area (Å²) in [5, 5.41) is 0. The molecule has 7 heteroatoms. The minimum Gasteiger partial charge on any atom is -0.427 e. The zero-order valence-corrected chi connectivity index (χ0v) is 9.98. The lowest BCUT2D eigenvalue weighted by atomic mass is 10.2. The van der Waals surface area contributed by atoms with Crippen molar-refractivity contribution in [3.05, 3.63) is 29.8 Å². The molecule has 6 nitrogen and oxygen atoms in total. The molecule has 0 heterocycles. The largest absolute Gasteiger partial charge is 0.427 e. The predicted molar refractivity (Wildman–Crippen MR) is 58.0 cm³/mol. The van der Waals surface area contributed by atoms with E-state index in [1.807, 2.05) is 0 Å². The minimum absolute atomic E-state index is 0.0475. The Morgan fingerprint density at radius 1 is 1.12 bits per heavy atom. The molecule has 0 atom stereocenters. The molecule has 0 fully saturated rings. The fourth-order valence-corrected chi connectivity index (χ4v) is 1.38. The van der Waals surface area contributed by atoms with Gasteiger partial charge >= 0.3 is 22.1 Å². The Balaban J connectivity index is 2.81. The van der Waals surface area contributed by atoms with Crippen molar-refractivity contribution >= 4 is 22.1 Å². The van der Waals surface area contributed by atoms with Gasteiger partial charge in [0.25, 0.3) is 0 Å². The van der Waals surface area contributed by atoms with Gasteiger partial charge in [0.1, 0.15) is 5.75 Å². The van der Waals surface area contributed by atoms with Crippen molar-refractivity contribution in [3.63, 3.8) is 0 Å². The van der Waals surface area contributed by atoms with Gasteiger partial charge in [0.05, 0.1) is 11.8 Å². The standard InChI is InChI=1S/C10H10O6S/c1-7(11)15-9-5-3-8(4-6-9)10(12)16-17(2,13)14/h3-6H,1-2H3. The number of carbonyl (C=O) groups is 2. The normalized spacial score (nSPS) is 10.7. The van der Waals surface area contributed by atoms with Crippen molar-refractivity contribution in [3.8, 4) is 5.75 Å². The van der Waals surface area contributed by atoms with Crippen molar-refractivity contribution in [1.82, 2.24) is 0 Å². The Bertz CT molecular complexity index is 528. The maximum Gasteiger partial charge on any atom is 0.353 e. The highest BCUT2D eigenvalue weighted by molar-refractivity contribution is 7.86. The molecular weight excluding hydrogens is 248 g/mol. The molecule has 0 bridgehead atoms. The molecule has 1 aromatic carbocycles. The third-order valence-corrected chi connectivity index (χ3v) is 2.03. The highest BCUT2D eigenvalue weighted by Crippen LogP contribution is 2.13. The van der Waals surface area contributed by atoms with Gasteiger partial charge in [0, 0.05) is 6.92 Å². The van der Waals surface area contributed by atoms with E-state index in [-0.39, 0.29) is 11.3 Å². The quantitative estimate of drug-likeness (QED) is 0.451. The van der Waals surface area contributed by atoms with E-state index < -0.39 is 22.1 Å². The van der Waals surface area contributed by atoms with Crippen molar-refractivity contribution in [1.29, 1.82) is 0 Å². The molecule has 0 unspecified atom stereocenters. The van der Waals surface area contributed by atoms with Crippen LogP contribution >= 0.6 is 0 Å². The Kier molecular flexibility index (Phi) is 3.84. The van der Waals surface area contributed by atoms with Crippen molar-refractivity contribution in [2.24, 2.45) is 0 Å². The molecule has 0 aliphatic rings. The van der Waals surface area contributed by atoms with Gasteiger partial charge in [-0.05, 0) is 24.3 Å². The van der Waals surface area contributed by atoms with Gasteiger partial charge in [-0.15, -0.1) is 0 Å². The lowest BCUT2D eigenvalue weighted by molar-refractivity contribution is -0.131. The van der Waals surface area contributed by atoms with E-state index in [0.29, 0.717) is 0 Å². The van der Waals surface area contributed by atoms with Crippen LogP contribution in [0.4, 0.5) is 0 Å². The van der Waals surface area contributed by atoms with Gasteiger partial charge in [0.15, 0.2) is 0 Å². The first kappa shape index (κ1) is 13.2. The molecule has 0 aliphatic heterocycles. The molecule has 0 aromatic heterocycles. The number of carbonyl (C=O) groups excluding carboxylic acids is 2. The first-order valence-corrected chi connectivity index (χ1v) is 6.32.